The van der Waals surface area contributed by atoms with Gasteiger partial charge < -0.3 is 5.32 Å². The number of benzene rings is 2. The van der Waals surface area contributed by atoms with E-state index in [1.807, 2.05) is 42.5 Å². The average Bonchev–Trinajstić information content (AvgIpc) is 2.59. The molecule has 1 aromatic heterocycles. The molecule has 0 saturated carbocycles. The molecule has 0 aliphatic heterocycles. The van der Waals surface area contributed by atoms with Crippen molar-refractivity contribution in [3.8, 4) is 0 Å². The maximum Gasteiger partial charge on any atom is 0.269 e. The van der Waals surface area contributed by atoms with Gasteiger partial charge in [0.15, 0.2) is 0 Å². The molecule has 24 heavy (non-hydrogen) atoms. The Labute approximate surface area is 140 Å². The summed E-state index contributed by atoms with van der Waals surface area (Å²) >= 11 is 0. The molecule has 1 N–H and O–H groups in total. The van der Waals surface area contributed by atoms with Crippen LogP contribution in [0.3, 0.4) is 0 Å². The number of carbonyl (C=O) groups excluding carboxylic acids is 1. The number of anilines is 1. The van der Waals surface area contributed by atoms with E-state index < -0.39 is 0 Å². The van der Waals surface area contributed by atoms with E-state index in [1.165, 1.54) is 16.3 Å². The minimum atomic E-state index is -0.290. The molecule has 5 nitrogen and oxygen atoms in total. The van der Waals surface area contributed by atoms with Crippen molar-refractivity contribution in [2.24, 2.45) is 0 Å². The molecule has 122 valence electrons. The van der Waals surface area contributed by atoms with Crippen LogP contribution < -0.4 is 10.9 Å². The zero-order valence-electron chi connectivity index (χ0n) is 13.5. The lowest BCUT2D eigenvalue weighted by molar-refractivity contribution is -0.116. The number of hydrogen-bond acceptors (Lipinski definition) is 3. The molecule has 0 aliphatic carbocycles. The number of aryl methyl sites for hydroxylation is 1. The van der Waals surface area contributed by atoms with E-state index in [4.69, 9.17) is 0 Å². The Hall–Kier alpha value is -2.95. The first-order valence-electron chi connectivity index (χ1n) is 8.01. The highest BCUT2D eigenvalue weighted by Crippen LogP contribution is 2.12. The van der Waals surface area contributed by atoms with Crippen LogP contribution in [-0.2, 0) is 17.8 Å². The molecule has 1 amide bonds. The first-order valence-corrected chi connectivity index (χ1v) is 8.01. The second-order valence-electron chi connectivity index (χ2n) is 5.67. The molecule has 0 bridgehead atoms. The molecule has 0 atom stereocenters. The van der Waals surface area contributed by atoms with Gasteiger partial charge in [-0.15, -0.1) is 0 Å². The van der Waals surface area contributed by atoms with E-state index in [0.29, 0.717) is 11.0 Å². The van der Waals surface area contributed by atoms with Crippen molar-refractivity contribution in [3.05, 3.63) is 70.6 Å². The molecule has 3 aromatic rings. The van der Waals surface area contributed by atoms with E-state index in [-0.39, 0.29) is 18.0 Å². The van der Waals surface area contributed by atoms with Crippen LogP contribution in [0.2, 0.25) is 0 Å². The zero-order valence-corrected chi connectivity index (χ0v) is 13.5. The Bertz CT molecular complexity index is 914. The van der Waals surface area contributed by atoms with Gasteiger partial charge >= 0.3 is 0 Å². The molecule has 3 rings (SSSR count). The summed E-state index contributed by atoms with van der Waals surface area (Å²) in [5, 5.41) is 2.83. The van der Waals surface area contributed by atoms with Crippen molar-refractivity contribution in [3.63, 3.8) is 0 Å². The summed E-state index contributed by atoms with van der Waals surface area (Å²) < 4.78 is 1.43. The molecule has 1 heterocycles. The Morgan fingerprint density at radius 1 is 1.12 bits per heavy atom. The van der Waals surface area contributed by atoms with E-state index in [1.54, 1.807) is 6.07 Å². The maximum atomic E-state index is 12.3. The average molecular weight is 321 g/mol. The molecule has 0 spiro atoms. The fourth-order valence-corrected chi connectivity index (χ4v) is 2.67. The van der Waals surface area contributed by atoms with Crippen LogP contribution in [0.4, 0.5) is 5.69 Å². The monoisotopic (exact) mass is 321 g/mol. The summed E-state index contributed by atoms with van der Waals surface area (Å²) in [5.74, 6) is -0.239. The molecular weight excluding hydrogens is 302 g/mol. The Morgan fingerprint density at radius 3 is 2.62 bits per heavy atom. The number of fused-ring (bicyclic) bond motifs is 1. The number of carbonyl (C=O) groups is 1. The van der Waals surface area contributed by atoms with Crippen LogP contribution in [0.15, 0.2) is 59.5 Å². The molecule has 2 aromatic carbocycles. The number of hydrogen-bond donors (Lipinski definition) is 1. The summed E-state index contributed by atoms with van der Waals surface area (Å²) in [6.45, 7) is 2.09. The van der Waals surface area contributed by atoms with Crippen molar-refractivity contribution in [1.82, 2.24) is 9.55 Å². The second-order valence-corrected chi connectivity index (χ2v) is 5.67. The summed E-state index contributed by atoms with van der Waals surface area (Å²) in [4.78, 5) is 28.5. The molecule has 5 heteroatoms. The van der Waals surface area contributed by atoms with Gasteiger partial charge in [0.2, 0.25) is 5.91 Å². The van der Waals surface area contributed by atoms with Gasteiger partial charge in [0.1, 0.15) is 6.54 Å². The number of para-hydroxylation sites is 2. The van der Waals surface area contributed by atoms with Crippen molar-refractivity contribution in [1.29, 1.82) is 0 Å². The van der Waals surface area contributed by atoms with Crippen LogP contribution in [-0.4, -0.2) is 15.5 Å². The van der Waals surface area contributed by atoms with Gasteiger partial charge in [-0.3, -0.25) is 14.2 Å². The fourth-order valence-electron chi connectivity index (χ4n) is 2.67. The van der Waals surface area contributed by atoms with Crippen molar-refractivity contribution < 1.29 is 4.79 Å². The SMILES string of the molecule is CCCc1ccc(NC(=O)Cn2c(=O)cnc3ccccc32)cc1. The smallest absolute Gasteiger partial charge is 0.269 e. The quantitative estimate of drug-likeness (QED) is 0.786. The number of nitrogens with one attached hydrogen (secondary N) is 1. The molecule has 0 fully saturated rings. The molecule has 0 aliphatic rings. The Morgan fingerprint density at radius 2 is 1.88 bits per heavy atom. The number of nitrogens with zero attached hydrogens (tertiary/aromatic N) is 2. The van der Waals surface area contributed by atoms with E-state index >= 15 is 0 Å². The van der Waals surface area contributed by atoms with Crippen LogP contribution >= 0.6 is 0 Å². The predicted molar refractivity (Wildman–Crippen MR) is 95.1 cm³/mol. The normalized spacial score (nSPS) is 10.7. The van der Waals surface area contributed by atoms with Gasteiger partial charge in [0.25, 0.3) is 5.56 Å². The largest absolute Gasteiger partial charge is 0.325 e. The predicted octanol–water partition coefficient (Wildman–Crippen LogP) is 2.99. The highest BCUT2D eigenvalue weighted by molar-refractivity contribution is 5.91. The fraction of sp³-hybridized carbons (Fsp3) is 0.211. The zero-order chi connectivity index (χ0) is 16.9. The molecule has 0 unspecified atom stereocenters. The minimum Gasteiger partial charge on any atom is -0.325 e. The van der Waals surface area contributed by atoms with Crippen LogP contribution in [0.1, 0.15) is 18.9 Å². The van der Waals surface area contributed by atoms with Gasteiger partial charge in [0.05, 0.1) is 17.2 Å². The molecule has 0 saturated heterocycles. The maximum absolute atomic E-state index is 12.3. The second kappa shape index (κ2) is 7.08. The van der Waals surface area contributed by atoms with Crippen LogP contribution in [0, 0.1) is 0 Å². The highest BCUT2D eigenvalue weighted by Gasteiger charge is 2.09. The van der Waals surface area contributed by atoms with Gasteiger partial charge in [0, 0.05) is 5.69 Å². The minimum absolute atomic E-state index is 0.0431. The summed E-state index contributed by atoms with van der Waals surface area (Å²) in [6, 6.07) is 15.1. The summed E-state index contributed by atoms with van der Waals surface area (Å²) in [7, 11) is 0. The summed E-state index contributed by atoms with van der Waals surface area (Å²) in [5.41, 5.74) is 3.02. The molecular formula is C19H19N3O2. The van der Waals surface area contributed by atoms with E-state index in [9.17, 15) is 9.59 Å². The number of aromatic nitrogens is 2. The first-order chi connectivity index (χ1) is 11.7. The summed E-state index contributed by atoms with van der Waals surface area (Å²) in [6.07, 6.45) is 3.35. The van der Waals surface area contributed by atoms with Gasteiger partial charge in [-0.05, 0) is 36.2 Å². The third-order valence-corrected chi connectivity index (χ3v) is 3.83. The van der Waals surface area contributed by atoms with Crippen LogP contribution in [0.25, 0.3) is 11.0 Å². The Balaban J connectivity index is 1.78. The lowest BCUT2D eigenvalue weighted by atomic mass is 10.1. The van der Waals surface area contributed by atoms with E-state index in [2.05, 4.69) is 17.2 Å². The highest BCUT2D eigenvalue weighted by atomic mass is 16.2. The topological polar surface area (TPSA) is 64.0 Å². The van der Waals surface area contributed by atoms with Crippen molar-refractivity contribution in [2.45, 2.75) is 26.3 Å². The number of amides is 1. The third-order valence-electron chi connectivity index (χ3n) is 3.83. The lowest BCUT2D eigenvalue weighted by Crippen LogP contribution is -2.27. The van der Waals surface area contributed by atoms with Gasteiger partial charge in [-0.1, -0.05) is 37.6 Å². The first kappa shape index (κ1) is 15.9. The van der Waals surface area contributed by atoms with Crippen molar-refractivity contribution >= 4 is 22.6 Å². The van der Waals surface area contributed by atoms with Gasteiger partial charge in [-0.2, -0.15) is 0 Å². The standard InChI is InChI=1S/C19H19N3O2/c1-2-5-14-8-10-15(11-9-14)21-18(23)13-22-17-7-4-3-6-16(17)20-12-19(22)24/h3-4,6-12H,2,5,13H2,1H3,(H,21,23). The number of rotatable bonds is 5. The van der Waals surface area contributed by atoms with Crippen LogP contribution in [0.5, 0.6) is 0 Å². The lowest BCUT2D eigenvalue weighted by Gasteiger charge is -2.10. The van der Waals surface area contributed by atoms with Gasteiger partial charge in [-0.25, -0.2) is 4.98 Å². The molecule has 0 radical (unpaired) electrons. The third kappa shape index (κ3) is 3.51. The Kier molecular flexibility index (Phi) is 4.70. The van der Waals surface area contributed by atoms with Crippen molar-refractivity contribution in [2.75, 3.05) is 5.32 Å². The van der Waals surface area contributed by atoms with E-state index in [0.717, 1.165) is 18.5 Å².